The zero-order valence-corrected chi connectivity index (χ0v) is 16.0. The molecule has 1 atom stereocenters. The molecule has 27 heavy (non-hydrogen) atoms. The van der Waals surface area contributed by atoms with Gasteiger partial charge in [0.15, 0.2) is 0 Å². The number of rotatable bonds is 6. The summed E-state index contributed by atoms with van der Waals surface area (Å²) in [6, 6.07) is 3.66. The van der Waals surface area contributed by atoms with Crippen LogP contribution in [0.4, 0.5) is 0 Å². The lowest BCUT2D eigenvalue weighted by Crippen LogP contribution is -2.33. The zero-order valence-electron chi connectivity index (χ0n) is 15.1. The minimum Gasteiger partial charge on any atom is -0.462 e. The van der Waals surface area contributed by atoms with Crippen molar-refractivity contribution in [1.82, 2.24) is 14.9 Å². The molecule has 0 unspecified atom stereocenters. The molecule has 0 fully saturated rings. The summed E-state index contributed by atoms with van der Waals surface area (Å²) in [7, 11) is 0. The van der Waals surface area contributed by atoms with Gasteiger partial charge in [0.25, 0.3) is 5.56 Å². The number of fused-ring (bicyclic) bond motifs is 1. The molecular formula is C18H19N3O5S. The predicted molar refractivity (Wildman–Crippen MR) is 99.8 cm³/mol. The van der Waals surface area contributed by atoms with Crippen molar-refractivity contribution in [2.24, 2.45) is 0 Å². The van der Waals surface area contributed by atoms with Crippen LogP contribution in [0.25, 0.3) is 11.1 Å². The van der Waals surface area contributed by atoms with E-state index < -0.39 is 11.5 Å². The summed E-state index contributed by atoms with van der Waals surface area (Å²) in [5, 5.41) is 4.79. The molecule has 3 aromatic rings. The fourth-order valence-corrected chi connectivity index (χ4v) is 3.48. The highest BCUT2D eigenvalue weighted by Crippen LogP contribution is 2.22. The number of nitrogens with one attached hydrogen (secondary N) is 1. The van der Waals surface area contributed by atoms with Gasteiger partial charge in [-0.05, 0) is 32.2 Å². The molecule has 9 heteroatoms. The van der Waals surface area contributed by atoms with E-state index in [9.17, 15) is 14.4 Å². The number of hydrogen-bond acceptors (Lipinski definition) is 7. The first-order chi connectivity index (χ1) is 12.9. The maximum Gasteiger partial charge on any atom is 0.342 e. The Labute approximate surface area is 158 Å². The monoisotopic (exact) mass is 389 g/mol. The van der Waals surface area contributed by atoms with Crippen LogP contribution in [-0.2, 0) is 16.1 Å². The van der Waals surface area contributed by atoms with Crippen molar-refractivity contribution in [3.8, 4) is 0 Å². The molecule has 0 saturated carbocycles. The van der Waals surface area contributed by atoms with E-state index in [0.717, 1.165) is 9.44 Å². The van der Waals surface area contributed by atoms with E-state index in [1.807, 2.05) is 24.4 Å². The average Bonchev–Trinajstić information content (AvgIpc) is 3.25. The van der Waals surface area contributed by atoms with Gasteiger partial charge >= 0.3 is 5.97 Å². The first-order valence-electron chi connectivity index (χ1n) is 8.40. The number of ether oxygens (including phenoxy) is 1. The molecule has 0 radical (unpaired) electrons. The normalized spacial score (nSPS) is 12.1. The molecule has 3 heterocycles. The lowest BCUT2D eigenvalue weighted by Gasteiger charge is -2.12. The van der Waals surface area contributed by atoms with E-state index in [2.05, 4.69) is 10.3 Å². The summed E-state index contributed by atoms with van der Waals surface area (Å²) >= 11 is 1.54. The summed E-state index contributed by atoms with van der Waals surface area (Å²) in [6.45, 7) is 5.05. The number of aryl methyl sites for hydroxylation is 1. The summed E-state index contributed by atoms with van der Waals surface area (Å²) in [4.78, 5) is 42.4. The third-order valence-corrected chi connectivity index (χ3v) is 5.05. The molecule has 1 amide bonds. The fraction of sp³-hybridized carbons (Fsp3) is 0.333. The molecule has 0 aromatic carbocycles. The van der Waals surface area contributed by atoms with E-state index in [-0.39, 0.29) is 47.5 Å². The highest BCUT2D eigenvalue weighted by Gasteiger charge is 2.24. The molecule has 0 aliphatic carbocycles. The molecule has 3 rings (SSSR count). The highest BCUT2D eigenvalue weighted by atomic mass is 32.1. The summed E-state index contributed by atoms with van der Waals surface area (Å²) in [5.74, 6) is -0.736. The van der Waals surface area contributed by atoms with Crippen LogP contribution in [0.15, 0.2) is 33.1 Å². The van der Waals surface area contributed by atoms with Gasteiger partial charge in [-0.1, -0.05) is 6.07 Å². The lowest BCUT2D eigenvalue weighted by atomic mass is 10.2. The van der Waals surface area contributed by atoms with Crippen LogP contribution >= 0.6 is 11.3 Å². The van der Waals surface area contributed by atoms with Crippen molar-refractivity contribution in [2.75, 3.05) is 6.61 Å². The quantitative estimate of drug-likeness (QED) is 0.650. The number of furan rings is 1. The van der Waals surface area contributed by atoms with Gasteiger partial charge in [-0.25, -0.2) is 9.78 Å². The van der Waals surface area contributed by atoms with E-state index in [1.54, 1.807) is 13.8 Å². The Kier molecular flexibility index (Phi) is 5.41. The van der Waals surface area contributed by atoms with Gasteiger partial charge in [0.05, 0.1) is 12.6 Å². The van der Waals surface area contributed by atoms with Crippen molar-refractivity contribution in [1.29, 1.82) is 0 Å². The van der Waals surface area contributed by atoms with Crippen LogP contribution in [-0.4, -0.2) is 28.0 Å². The molecule has 8 nitrogen and oxygen atoms in total. The SMILES string of the molecule is CCOC(=O)c1c(C)oc2ncn(CC(=O)N[C@H](C)c3cccs3)c(=O)c12. The van der Waals surface area contributed by atoms with E-state index in [1.165, 1.54) is 17.7 Å². The summed E-state index contributed by atoms with van der Waals surface area (Å²) < 4.78 is 11.5. The summed E-state index contributed by atoms with van der Waals surface area (Å²) in [5.41, 5.74) is -0.436. The number of esters is 1. The van der Waals surface area contributed by atoms with Crippen molar-refractivity contribution < 1.29 is 18.7 Å². The standard InChI is InChI=1S/C18H19N3O5S/c1-4-25-18(24)14-11(3)26-16-15(14)17(23)21(9-19-16)8-13(22)20-10(2)12-6-5-7-27-12/h5-7,9-10H,4,8H2,1-3H3,(H,20,22)/t10-/m1/s1. The van der Waals surface area contributed by atoms with Crippen molar-refractivity contribution in [3.05, 3.63) is 50.4 Å². The van der Waals surface area contributed by atoms with Gasteiger partial charge in [0, 0.05) is 4.88 Å². The second-order valence-electron chi connectivity index (χ2n) is 5.92. The molecule has 0 aliphatic rings. The molecule has 3 aromatic heterocycles. The largest absolute Gasteiger partial charge is 0.462 e. The maximum atomic E-state index is 12.8. The first kappa shape index (κ1) is 18.8. The Morgan fingerprint density at radius 3 is 2.89 bits per heavy atom. The molecule has 142 valence electrons. The average molecular weight is 389 g/mol. The minimum atomic E-state index is -0.652. The molecule has 0 spiro atoms. The van der Waals surface area contributed by atoms with Gasteiger partial charge in [0.2, 0.25) is 11.6 Å². The van der Waals surface area contributed by atoms with E-state index in [0.29, 0.717) is 0 Å². The van der Waals surface area contributed by atoms with E-state index >= 15 is 0 Å². The zero-order chi connectivity index (χ0) is 19.6. The van der Waals surface area contributed by atoms with Gasteiger partial charge in [0.1, 0.15) is 29.6 Å². The van der Waals surface area contributed by atoms with Crippen LogP contribution in [0.1, 0.15) is 40.9 Å². The molecule has 0 bridgehead atoms. The first-order valence-corrected chi connectivity index (χ1v) is 9.28. The number of thiophene rings is 1. The Morgan fingerprint density at radius 1 is 1.44 bits per heavy atom. The number of amides is 1. The van der Waals surface area contributed by atoms with Gasteiger partial charge in [-0.2, -0.15) is 0 Å². The molecule has 0 aliphatic heterocycles. The second-order valence-corrected chi connectivity index (χ2v) is 6.90. The Morgan fingerprint density at radius 2 is 2.22 bits per heavy atom. The number of hydrogen-bond donors (Lipinski definition) is 1. The summed E-state index contributed by atoms with van der Waals surface area (Å²) in [6.07, 6.45) is 1.23. The van der Waals surface area contributed by atoms with Crippen LogP contribution in [0.5, 0.6) is 0 Å². The highest BCUT2D eigenvalue weighted by molar-refractivity contribution is 7.10. The molecule has 0 saturated heterocycles. The Bertz CT molecular complexity index is 1040. The van der Waals surface area contributed by atoms with E-state index in [4.69, 9.17) is 9.15 Å². The smallest absolute Gasteiger partial charge is 0.342 e. The lowest BCUT2D eigenvalue weighted by molar-refractivity contribution is -0.122. The topological polar surface area (TPSA) is 103 Å². The third-order valence-electron chi connectivity index (χ3n) is 4.00. The number of nitrogens with zero attached hydrogens (tertiary/aromatic N) is 2. The predicted octanol–water partition coefficient (Wildman–Crippen LogP) is 2.41. The number of aromatic nitrogens is 2. The van der Waals surface area contributed by atoms with Crippen LogP contribution in [0.2, 0.25) is 0 Å². The van der Waals surface area contributed by atoms with Gasteiger partial charge in [-0.15, -0.1) is 11.3 Å². The second kappa shape index (κ2) is 7.75. The Balaban J connectivity index is 1.88. The van der Waals surface area contributed by atoms with Crippen molar-refractivity contribution >= 4 is 34.3 Å². The molecular weight excluding hydrogens is 370 g/mol. The van der Waals surface area contributed by atoms with Crippen LogP contribution < -0.4 is 10.9 Å². The van der Waals surface area contributed by atoms with Gasteiger partial charge in [-0.3, -0.25) is 14.2 Å². The number of carbonyl (C=O) groups excluding carboxylic acids is 2. The third kappa shape index (κ3) is 3.77. The van der Waals surface area contributed by atoms with Gasteiger partial charge < -0.3 is 14.5 Å². The minimum absolute atomic E-state index is 0.0209. The number of carbonyl (C=O) groups is 2. The fourth-order valence-electron chi connectivity index (χ4n) is 2.75. The van der Waals surface area contributed by atoms with Crippen molar-refractivity contribution in [3.63, 3.8) is 0 Å². The van der Waals surface area contributed by atoms with Crippen LogP contribution in [0, 0.1) is 6.92 Å². The maximum absolute atomic E-state index is 12.8. The Hall–Kier alpha value is -2.94. The van der Waals surface area contributed by atoms with Crippen molar-refractivity contribution in [2.45, 2.75) is 33.4 Å². The van der Waals surface area contributed by atoms with Crippen LogP contribution in [0.3, 0.4) is 0 Å². The molecule has 1 N–H and O–H groups in total.